The fourth-order valence-corrected chi connectivity index (χ4v) is 9.79. The summed E-state index contributed by atoms with van der Waals surface area (Å²) in [6, 6.07) is 0. The minimum Gasteiger partial charge on any atom is -0.0625 e. The summed E-state index contributed by atoms with van der Waals surface area (Å²) in [5.74, 6) is 5.97. The van der Waals surface area contributed by atoms with Crippen LogP contribution in [0.5, 0.6) is 0 Å². The van der Waals surface area contributed by atoms with Gasteiger partial charge in [-0.3, -0.25) is 0 Å². The molecule has 0 nitrogen and oxygen atoms in total. The Morgan fingerprint density at radius 2 is 1.56 bits per heavy atom. The Morgan fingerprint density at radius 3 is 2.28 bits per heavy atom. The lowest BCUT2D eigenvalue weighted by Crippen LogP contribution is -2.47. The molecule has 5 saturated carbocycles. The van der Waals surface area contributed by atoms with E-state index in [1.165, 1.54) is 44.9 Å². The minimum atomic E-state index is 0.545. The zero-order valence-corrected chi connectivity index (χ0v) is 17.7. The molecule has 0 aromatic heterocycles. The van der Waals surface area contributed by atoms with Crippen molar-refractivity contribution in [1.82, 2.24) is 0 Å². The van der Waals surface area contributed by atoms with Gasteiger partial charge in [0.15, 0.2) is 0 Å². The lowest BCUT2D eigenvalue weighted by molar-refractivity contribution is -0.0483. The van der Waals surface area contributed by atoms with Crippen LogP contribution >= 0.6 is 0 Å². The fourth-order valence-electron chi connectivity index (χ4n) is 9.79. The zero-order valence-electron chi connectivity index (χ0n) is 17.7. The maximum absolute atomic E-state index is 2.75. The summed E-state index contributed by atoms with van der Waals surface area (Å²) in [5, 5.41) is 0. The lowest BCUT2D eigenvalue weighted by Gasteiger charge is -2.53. The van der Waals surface area contributed by atoms with Crippen LogP contribution in [-0.2, 0) is 0 Å². The topological polar surface area (TPSA) is 0 Å². The first-order chi connectivity index (χ1) is 11.6. The highest BCUT2D eigenvalue weighted by molar-refractivity contribution is 5.23. The Kier molecular flexibility index (Phi) is 3.28. The van der Waals surface area contributed by atoms with Crippen LogP contribution in [-0.4, -0.2) is 0 Å². The summed E-state index contributed by atoms with van der Waals surface area (Å²) in [4.78, 5) is 0. The van der Waals surface area contributed by atoms with Crippen molar-refractivity contribution in [3.63, 3.8) is 0 Å². The van der Waals surface area contributed by atoms with E-state index in [9.17, 15) is 0 Å². The summed E-state index contributed by atoms with van der Waals surface area (Å²) in [6.07, 6.45) is 14.8. The lowest BCUT2D eigenvalue weighted by atomic mass is 9.51. The van der Waals surface area contributed by atoms with Gasteiger partial charge in [0.1, 0.15) is 5.41 Å². The van der Waals surface area contributed by atoms with Crippen LogP contribution in [0.4, 0.5) is 0 Å². The SMILES string of the molecule is CC(C)[C@H]1CC[C@@]2(C)CC[C@]3(C)C[C@H]4[C@H](C[C@]5(C)[CH+]CC[C@]45C)[C@H]3[C@H]12. The summed E-state index contributed by atoms with van der Waals surface area (Å²) >= 11 is 0. The normalized spacial score (nSPS) is 62.4. The molecule has 0 radical (unpaired) electrons. The molecule has 0 heterocycles. The van der Waals surface area contributed by atoms with E-state index in [0.717, 1.165) is 35.5 Å². The molecule has 5 aliphatic carbocycles. The summed E-state index contributed by atoms with van der Waals surface area (Å²) in [5.41, 5.74) is 2.48. The molecule has 140 valence electrons. The van der Waals surface area contributed by atoms with E-state index in [2.05, 4.69) is 48.0 Å². The second-order valence-electron chi connectivity index (χ2n) is 12.6. The molecule has 0 spiro atoms. The third-order valence-electron chi connectivity index (χ3n) is 11.3. The van der Waals surface area contributed by atoms with Gasteiger partial charge in [0.05, 0.1) is 12.8 Å². The Balaban J connectivity index is 1.58. The van der Waals surface area contributed by atoms with Crippen LogP contribution in [0.2, 0.25) is 0 Å². The van der Waals surface area contributed by atoms with Gasteiger partial charge < -0.3 is 0 Å². The number of fused-ring (bicyclic) bond motifs is 7. The molecule has 0 saturated heterocycles. The maximum atomic E-state index is 2.75. The Hall–Kier alpha value is -0.130. The largest absolute Gasteiger partial charge is 0.111 e. The van der Waals surface area contributed by atoms with Gasteiger partial charge in [-0.2, -0.15) is 0 Å². The first-order valence-corrected chi connectivity index (χ1v) is 11.5. The standard InChI is InChI=1S/C25H41/c1-16(2)17-8-11-22(3)12-13-23(4)15-19-18(21(23)20(17)22)14-24(5)9-7-10-25(19,24)6/h9,16-21H,7-8,10-15H2,1-6H3/q+1/t17-,18+,19+,20+,21+,22+,23-,24+,25-/m1/s1. The van der Waals surface area contributed by atoms with Gasteiger partial charge in [0.2, 0.25) is 0 Å². The minimum absolute atomic E-state index is 0.545. The molecule has 0 amide bonds. The average molecular weight is 342 g/mol. The average Bonchev–Trinajstić information content (AvgIpc) is 3.16. The number of hydrogen-bond acceptors (Lipinski definition) is 0. The van der Waals surface area contributed by atoms with Gasteiger partial charge in [-0.05, 0) is 98.2 Å². The molecule has 0 aromatic carbocycles. The molecule has 0 aromatic rings. The van der Waals surface area contributed by atoms with Crippen molar-refractivity contribution in [2.75, 3.05) is 0 Å². The highest BCUT2D eigenvalue weighted by Gasteiger charge is 2.74. The number of rotatable bonds is 1. The van der Waals surface area contributed by atoms with Crippen LogP contribution in [0, 0.1) is 63.6 Å². The van der Waals surface area contributed by atoms with Crippen molar-refractivity contribution in [3.05, 3.63) is 6.42 Å². The second-order valence-corrected chi connectivity index (χ2v) is 12.6. The van der Waals surface area contributed by atoms with E-state index in [-0.39, 0.29) is 0 Å². The molecular formula is C25H41+. The molecular weight excluding hydrogens is 300 g/mol. The Morgan fingerprint density at radius 1 is 0.840 bits per heavy atom. The molecule has 0 N–H and O–H groups in total. The monoisotopic (exact) mass is 341 g/mol. The molecule has 9 atom stereocenters. The van der Waals surface area contributed by atoms with Crippen LogP contribution in [0.3, 0.4) is 0 Å². The molecule has 5 aliphatic rings. The van der Waals surface area contributed by atoms with Crippen molar-refractivity contribution in [2.24, 2.45) is 57.2 Å². The first-order valence-electron chi connectivity index (χ1n) is 11.5. The van der Waals surface area contributed by atoms with Gasteiger partial charge in [0.25, 0.3) is 0 Å². The smallest absolute Gasteiger partial charge is 0.0625 e. The summed E-state index contributed by atoms with van der Waals surface area (Å²) in [6.45, 7) is 15.8. The molecule has 0 aliphatic heterocycles. The predicted molar refractivity (Wildman–Crippen MR) is 106 cm³/mol. The molecule has 0 bridgehead atoms. The summed E-state index contributed by atoms with van der Waals surface area (Å²) in [7, 11) is 0. The molecule has 0 unspecified atom stereocenters. The van der Waals surface area contributed by atoms with E-state index in [1.807, 2.05) is 0 Å². The van der Waals surface area contributed by atoms with E-state index >= 15 is 0 Å². The van der Waals surface area contributed by atoms with Crippen LogP contribution in [0.25, 0.3) is 0 Å². The molecule has 0 heteroatoms. The highest BCUT2D eigenvalue weighted by atomic mass is 14.8. The van der Waals surface area contributed by atoms with Crippen molar-refractivity contribution in [1.29, 1.82) is 0 Å². The van der Waals surface area contributed by atoms with Crippen molar-refractivity contribution in [2.45, 2.75) is 92.9 Å². The first kappa shape index (κ1) is 17.0. The quantitative estimate of drug-likeness (QED) is 0.444. The van der Waals surface area contributed by atoms with Crippen LogP contribution < -0.4 is 0 Å². The molecule has 5 rings (SSSR count). The molecule has 5 fully saturated rings. The van der Waals surface area contributed by atoms with E-state index in [4.69, 9.17) is 0 Å². The second kappa shape index (κ2) is 4.82. The Labute approximate surface area is 156 Å². The van der Waals surface area contributed by atoms with Crippen molar-refractivity contribution in [3.8, 4) is 0 Å². The van der Waals surface area contributed by atoms with Gasteiger partial charge >= 0.3 is 0 Å². The predicted octanol–water partition coefficient (Wildman–Crippen LogP) is 7.14. The Bertz CT molecular complexity index is 577. The van der Waals surface area contributed by atoms with Crippen LogP contribution in [0.1, 0.15) is 92.9 Å². The van der Waals surface area contributed by atoms with E-state index in [0.29, 0.717) is 21.7 Å². The highest BCUT2D eigenvalue weighted by Crippen LogP contribution is 2.79. The summed E-state index contributed by atoms with van der Waals surface area (Å²) < 4.78 is 0. The van der Waals surface area contributed by atoms with Crippen molar-refractivity contribution >= 4 is 0 Å². The third kappa shape index (κ3) is 1.88. The van der Waals surface area contributed by atoms with Gasteiger partial charge in [-0.15, -0.1) is 0 Å². The van der Waals surface area contributed by atoms with Gasteiger partial charge in [0, 0.05) is 5.41 Å². The van der Waals surface area contributed by atoms with Crippen molar-refractivity contribution < 1.29 is 0 Å². The third-order valence-corrected chi connectivity index (χ3v) is 11.3. The van der Waals surface area contributed by atoms with E-state index in [1.54, 1.807) is 6.42 Å². The molecule has 25 heavy (non-hydrogen) atoms. The fraction of sp³-hybridized carbons (Fsp3) is 0.960. The van der Waals surface area contributed by atoms with E-state index < -0.39 is 0 Å². The van der Waals surface area contributed by atoms with Gasteiger partial charge in [-0.1, -0.05) is 34.6 Å². The van der Waals surface area contributed by atoms with Gasteiger partial charge in [-0.25, -0.2) is 0 Å². The number of hydrogen-bond donors (Lipinski definition) is 0. The zero-order chi connectivity index (χ0) is 17.8. The van der Waals surface area contributed by atoms with Crippen LogP contribution in [0.15, 0.2) is 0 Å². The maximum Gasteiger partial charge on any atom is 0.111 e.